The highest BCUT2D eigenvalue weighted by atomic mass is 16.1. The van der Waals surface area contributed by atoms with Crippen LogP contribution in [0.4, 0.5) is 5.69 Å². The van der Waals surface area contributed by atoms with Crippen LogP contribution in [0.15, 0.2) is 24.3 Å². The van der Waals surface area contributed by atoms with E-state index in [0.29, 0.717) is 12.0 Å². The molecule has 1 fully saturated rings. The molecule has 1 aliphatic carbocycles. The number of nitrogens with one attached hydrogen (secondary N) is 2. The van der Waals surface area contributed by atoms with Crippen molar-refractivity contribution in [1.29, 1.82) is 0 Å². The van der Waals surface area contributed by atoms with Crippen molar-refractivity contribution in [3.05, 3.63) is 29.8 Å². The van der Waals surface area contributed by atoms with E-state index in [1.165, 1.54) is 32.1 Å². The van der Waals surface area contributed by atoms with Crippen molar-refractivity contribution in [2.24, 2.45) is 5.92 Å². The second-order valence-electron chi connectivity index (χ2n) is 6.50. The van der Waals surface area contributed by atoms with Gasteiger partial charge in [-0.3, -0.25) is 4.79 Å². The molecule has 1 aliphatic rings. The van der Waals surface area contributed by atoms with Crippen LogP contribution < -0.4 is 10.6 Å². The number of anilines is 1. The summed E-state index contributed by atoms with van der Waals surface area (Å²) in [6.07, 6.45) is 6.44. The number of rotatable bonds is 5. The Balaban J connectivity index is 2.02. The van der Waals surface area contributed by atoms with Crippen molar-refractivity contribution in [3.8, 4) is 0 Å². The van der Waals surface area contributed by atoms with Gasteiger partial charge >= 0.3 is 0 Å². The number of carbonyl (C=O) groups is 1. The Bertz CT molecular complexity index is 464. The Labute approximate surface area is 128 Å². The Morgan fingerprint density at radius 2 is 1.76 bits per heavy atom. The van der Waals surface area contributed by atoms with Gasteiger partial charge in [-0.2, -0.15) is 0 Å². The van der Waals surface area contributed by atoms with Crippen LogP contribution in [0.25, 0.3) is 0 Å². The maximum absolute atomic E-state index is 12.5. The van der Waals surface area contributed by atoms with E-state index in [9.17, 15) is 4.79 Å². The monoisotopic (exact) mass is 288 g/mol. The average Bonchev–Trinajstić information content (AvgIpc) is 2.48. The zero-order chi connectivity index (χ0) is 15.2. The van der Waals surface area contributed by atoms with Crippen LogP contribution in [0.5, 0.6) is 0 Å². The minimum atomic E-state index is 0.0387. The summed E-state index contributed by atoms with van der Waals surface area (Å²) < 4.78 is 0. The lowest BCUT2D eigenvalue weighted by molar-refractivity contribution is 0.0920. The number of amides is 1. The summed E-state index contributed by atoms with van der Waals surface area (Å²) in [5.41, 5.74) is 1.66. The number of hydrogen-bond acceptors (Lipinski definition) is 2. The van der Waals surface area contributed by atoms with Crippen LogP contribution in [0, 0.1) is 5.92 Å². The first-order valence-corrected chi connectivity index (χ1v) is 8.24. The van der Waals surface area contributed by atoms with Crippen molar-refractivity contribution in [2.75, 3.05) is 5.32 Å². The molecule has 21 heavy (non-hydrogen) atoms. The molecule has 3 heteroatoms. The van der Waals surface area contributed by atoms with Gasteiger partial charge in [-0.05, 0) is 51.7 Å². The summed E-state index contributed by atoms with van der Waals surface area (Å²) in [4.78, 5) is 12.5. The van der Waals surface area contributed by atoms with Gasteiger partial charge in [0.2, 0.25) is 0 Å². The van der Waals surface area contributed by atoms with Gasteiger partial charge in [-0.25, -0.2) is 0 Å². The normalized spacial score (nSPS) is 17.5. The lowest BCUT2D eigenvalue weighted by atomic mass is 9.84. The molecule has 0 aromatic heterocycles. The number of para-hydroxylation sites is 1. The molecule has 3 nitrogen and oxygen atoms in total. The molecule has 0 radical (unpaired) electrons. The van der Waals surface area contributed by atoms with Gasteiger partial charge in [0.05, 0.1) is 5.56 Å². The van der Waals surface area contributed by atoms with Crippen LogP contribution >= 0.6 is 0 Å². The number of carbonyl (C=O) groups excluding carboxylic acids is 1. The lowest BCUT2D eigenvalue weighted by Crippen LogP contribution is -2.39. The Hall–Kier alpha value is -1.51. The molecule has 116 valence electrons. The van der Waals surface area contributed by atoms with Crippen LogP contribution in [0.2, 0.25) is 0 Å². The Morgan fingerprint density at radius 3 is 2.43 bits per heavy atom. The van der Waals surface area contributed by atoms with E-state index in [1.54, 1.807) is 0 Å². The molecule has 1 atom stereocenters. The number of hydrogen-bond donors (Lipinski definition) is 2. The van der Waals surface area contributed by atoms with Crippen LogP contribution in [-0.2, 0) is 0 Å². The first-order chi connectivity index (χ1) is 10.1. The third kappa shape index (κ3) is 4.48. The molecule has 1 saturated carbocycles. The fraction of sp³-hybridized carbons (Fsp3) is 0.611. The van der Waals surface area contributed by atoms with Gasteiger partial charge in [0, 0.05) is 17.8 Å². The predicted molar refractivity (Wildman–Crippen MR) is 88.7 cm³/mol. The summed E-state index contributed by atoms with van der Waals surface area (Å²) >= 11 is 0. The van der Waals surface area contributed by atoms with E-state index < -0.39 is 0 Å². The van der Waals surface area contributed by atoms with Gasteiger partial charge in [0.15, 0.2) is 0 Å². The van der Waals surface area contributed by atoms with E-state index >= 15 is 0 Å². The van der Waals surface area contributed by atoms with E-state index in [0.717, 1.165) is 11.3 Å². The van der Waals surface area contributed by atoms with Gasteiger partial charge in [0.1, 0.15) is 0 Å². The first-order valence-electron chi connectivity index (χ1n) is 8.24. The molecule has 0 aliphatic heterocycles. The summed E-state index contributed by atoms with van der Waals surface area (Å²) in [6.45, 7) is 6.31. The third-order valence-electron chi connectivity index (χ3n) is 4.33. The second kappa shape index (κ2) is 7.48. The smallest absolute Gasteiger partial charge is 0.253 e. The standard InChI is InChI=1S/C18H28N2O/c1-13(2)19-17-12-8-7-11-16(17)18(21)20-14(3)15-9-5-4-6-10-15/h7-8,11-15,19H,4-6,9-10H2,1-3H3,(H,20,21)/t14-/m1/s1. The van der Waals surface area contributed by atoms with E-state index in [4.69, 9.17) is 0 Å². The fourth-order valence-electron chi connectivity index (χ4n) is 3.15. The van der Waals surface area contributed by atoms with E-state index in [-0.39, 0.29) is 11.9 Å². The molecule has 1 amide bonds. The van der Waals surface area contributed by atoms with Crippen molar-refractivity contribution >= 4 is 11.6 Å². The second-order valence-corrected chi connectivity index (χ2v) is 6.50. The van der Waals surface area contributed by atoms with Crippen molar-refractivity contribution in [3.63, 3.8) is 0 Å². The van der Waals surface area contributed by atoms with E-state index in [2.05, 4.69) is 31.4 Å². The average molecular weight is 288 g/mol. The van der Waals surface area contributed by atoms with Crippen LogP contribution in [0.1, 0.15) is 63.2 Å². The summed E-state index contributed by atoms with van der Waals surface area (Å²) in [6, 6.07) is 8.32. The predicted octanol–water partition coefficient (Wildman–Crippen LogP) is 4.21. The minimum Gasteiger partial charge on any atom is -0.382 e. The van der Waals surface area contributed by atoms with Gasteiger partial charge in [0.25, 0.3) is 5.91 Å². The minimum absolute atomic E-state index is 0.0387. The number of benzene rings is 1. The fourth-order valence-corrected chi connectivity index (χ4v) is 3.15. The molecule has 0 bridgehead atoms. The lowest BCUT2D eigenvalue weighted by Gasteiger charge is -2.28. The molecular weight excluding hydrogens is 260 g/mol. The zero-order valence-corrected chi connectivity index (χ0v) is 13.5. The molecular formula is C18H28N2O. The zero-order valence-electron chi connectivity index (χ0n) is 13.5. The molecule has 0 saturated heterocycles. The molecule has 0 spiro atoms. The maximum atomic E-state index is 12.5. The molecule has 2 N–H and O–H groups in total. The first kappa shape index (κ1) is 15.9. The van der Waals surface area contributed by atoms with Gasteiger partial charge in [-0.1, -0.05) is 31.4 Å². The molecule has 1 aromatic carbocycles. The molecule has 0 unspecified atom stereocenters. The van der Waals surface area contributed by atoms with Gasteiger partial charge < -0.3 is 10.6 Å². The van der Waals surface area contributed by atoms with Crippen molar-refractivity contribution in [2.45, 2.75) is 65.0 Å². The van der Waals surface area contributed by atoms with Gasteiger partial charge in [-0.15, -0.1) is 0 Å². The highest BCUT2D eigenvalue weighted by Crippen LogP contribution is 2.26. The molecule has 1 aromatic rings. The van der Waals surface area contributed by atoms with Crippen molar-refractivity contribution < 1.29 is 4.79 Å². The summed E-state index contributed by atoms with van der Waals surface area (Å²) in [7, 11) is 0. The Kier molecular flexibility index (Phi) is 5.66. The quantitative estimate of drug-likeness (QED) is 0.852. The highest BCUT2D eigenvalue weighted by Gasteiger charge is 2.22. The third-order valence-corrected chi connectivity index (χ3v) is 4.33. The summed E-state index contributed by atoms with van der Waals surface area (Å²) in [5.74, 6) is 0.671. The Morgan fingerprint density at radius 1 is 1.10 bits per heavy atom. The largest absolute Gasteiger partial charge is 0.382 e. The molecule has 0 heterocycles. The highest BCUT2D eigenvalue weighted by molar-refractivity contribution is 5.99. The molecule has 2 rings (SSSR count). The van der Waals surface area contributed by atoms with Crippen LogP contribution in [-0.4, -0.2) is 18.0 Å². The van der Waals surface area contributed by atoms with Crippen molar-refractivity contribution in [1.82, 2.24) is 5.32 Å². The summed E-state index contributed by atoms with van der Waals surface area (Å²) in [5, 5.41) is 6.55. The topological polar surface area (TPSA) is 41.1 Å². The van der Waals surface area contributed by atoms with Crippen LogP contribution in [0.3, 0.4) is 0 Å². The van der Waals surface area contributed by atoms with E-state index in [1.807, 2.05) is 24.3 Å². The maximum Gasteiger partial charge on any atom is 0.253 e. The SMILES string of the molecule is CC(C)Nc1ccccc1C(=O)N[C@H](C)C1CCCCC1.